The van der Waals surface area contributed by atoms with Gasteiger partial charge < -0.3 is 5.73 Å². The van der Waals surface area contributed by atoms with Gasteiger partial charge in [0, 0.05) is 15.1 Å². The molecule has 1 heterocycles. The van der Waals surface area contributed by atoms with Gasteiger partial charge in [-0.1, -0.05) is 39.7 Å². The van der Waals surface area contributed by atoms with E-state index in [-0.39, 0.29) is 0 Å². The topological polar surface area (TPSA) is 54.7 Å². The van der Waals surface area contributed by atoms with E-state index < -0.39 is 0 Å². The van der Waals surface area contributed by atoms with Crippen LogP contribution in [0.4, 0.5) is 5.82 Å². The molecule has 106 valence electrons. The minimum atomic E-state index is 0.477. The van der Waals surface area contributed by atoms with E-state index in [9.17, 15) is 0 Å². The molecule has 3 nitrogen and oxygen atoms in total. The van der Waals surface area contributed by atoms with Gasteiger partial charge in [-0.3, -0.25) is 5.10 Å². The first-order valence-electron chi connectivity index (χ1n) is 6.42. The van der Waals surface area contributed by atoms with Crippen molar-refractivity contribution in [3.63, 3.8) is 0 Å². The average molecular weight is 363 g/mol. The van der Waals surface area contributed by atoms with Crippen molar-refractivity contribution in [3.8, 4) is 22.4 Å². The molecule has 5 heteroatoms. The highest BCUT2D eigenvalue weighted by Crippen LogP contribution is 2.36. The number of H-pyrrole nitrogens is 1. The molecule has 0 unspecified atom stereocenters. The van der Waals surface area contributed by atoms with Crippen molar-refractivity contribution >= 4 is 33.3 Å². The monoisotopic (exact) mass is 361 g/mol. The first-order chi connectivity index (χ1) is 10.0. The molecule has 0 aliphatic rings. The summed E-state index contributed by atoms with van der Waals surface area (Å²) in [4.78, 5) is 0. The highest BCUT2D eigenvalue weighted by Gasteiger charge is 2.15. The zero-order chi connectivity index (χ0) is 15.0. The van der Waals surface area contributed by atoms with Gasteiger partial charge in [0.15, 0.2) is 5.82 Å². The number of nitrogens with two attached hydrogens (primary N) is 1. The molecule has 0 saturated heterocycles. The van der Waals surface area contributed by atoms with Gasteiger partial charge >= 0.3 is 0 Å². The lowest BCUT2D eigenvalue weighted by molar-refractivity contribution is 1.10. The Balaban J connectivity index is 2.19. The fourth-order valence-electron chi connectivity index (χ4n) is 2.35. The van der Waals surface area contributed by atoms with E-state index in [1.807, 2.05) is 43.3 Å². The lowest BCUT2D eigenvalue weighted by Crippen LogP contribution is -1.89. The Morgan fingerprint density at radius 3 is 2.48 bits per heavy atom. The fraction of sp³-hybridized carbons (Fsp3) is 0.0625. The van der Waals surface area contributed by atoms with Crippen molar-refractivity contribution in [2.75, 3.05) is 5.73 Å². The van der Waals surface area contributed by atoms with Crippen LogP contribution in [0, 0.1) is 6.92 Å². The Labute approximate surface area is 136 Å². The molecule has 0 saturated carbocycles. The number of nitrogens with zero attached hydrogens (tertiary/aromatic N) is 1. The van der Waals surface area contributed by atoms with E-state index in [1.165, 1.54) is 0 Å². The number of hydrogen-bond donors (Lipinski definition) is 2. The standard InChI is InChI=1S/C16H13BrClN3/c1-9-6-11(8-13(18)7-9)15-14(16(19)21-20-15)10-2-4-12(17)5-3-10/h2-8H,1H3,(H3,19,20,21). The van der Waals surface area contributed by atoms with Gasteiger partial charge in [-0.2, -0.15) is 5.10 Å². The second-order valence-electron chi connectivity index (χ2n) is 4.88. The largest absolute Gasteiger partial charge is 0.382 e. The van der Waals surface area contributed by atoms with Crippen LogP contribution in [0.2, 0.25) is 5.02 Å². The molecule has 21 heavy (non-hydrogen) atoms. The summed E-state index contributed by atoms with van der Waals surface area (Å²) < 4.78 is 1.02. The molecule has 0 bridgehead atoms. The summed E-state index contributed by atoms with van der Waals surface area (Å²) in [5.41, 5.74) is 10.9. The maximum atomic E-state index is 6.15. The van der Waals surface area contributed by atoms with Crippen molar-refractivity contribution < 1.29 is 0 Å². The molecule has 0 amide bonds. The van der Waals surface area contributed by atoms with Gasteiger partial charge in [0.25, 0.3) is 0 Å². The number of halogens is 2. The third-order valence-corrected chi connectivity index (χ3v) is 4.00. The fourth-order valence-corrected chi connectivity index (χ4v) is 2.91. The zero-order valence-electron chi connectivity index (χ0n) is 11.3. The second-order valence-corrected chi connectivity index (χ2v) is 6.24. The normalized spacial score (nSPS) is 10.8. The summed E-state index contributed by atoms with van der Waals surface area (Å²) in [6, 6.07) is 13.9. The quantitative estimate of drug-likeness (QED) is 0.670. The third-order valence-electron chi connectivity index (χ3n) is 3.26. The maximum Gasteiger partial charge on any atom is 0.153 e. The molecule has 3 N–H and O–H groups in total. The SMILES string of the molecule is Cc1cc(Cl)cc(-c2[nH]nc(N)c2-c2ccc(Br)cc2)c1. The van der Waals surface area contributed by atoms with Crippen molar-refractivity contribution in [1.29, 1.82) is 0 Å². The Morgan fingerprint density at radius 2 is 1.81 bits per heavy atom. The van der Waals surface area contributed by atoms with E-state index in [0.717, 1.165) is 32.4 Å². The van der Waals surface area contributed by atoms with Crippen molar-refractivity contribution in [2.45, 2.75) is 6.92 Å². The van der Waals surface area contributed by atoms with Gasteiger partial charge in [-0.25, -0.2) is 0 Å². The minimum absolute atomic E-state index is 0.477. The van der Waals surface area contributed by atoms with Crippen molar-refractivity contribution in [1.82, 2.24) is 10.2 Å². The summed E-state index contributed by atoms with van der Waals surface area (Å²) in [5.74, 6) is 0.477. The van der Waals surface area contributed by atoms with Gasteiger partial charge in [0.1, 0.15) is 0 Å². The van der Waals surface area contributed by atoms with Crippen LogP contribution in [0.25, 0.3) is 22.4 Å². The molecular formula is C16H13BrClN3. The lowest BCUT2D eigenvalue weighted by Gasteiger charge is -2.07. The van der Waals surface area contributed by atoms with Crippen molar-refractivity contribution in [3.05, 3.63) is 57.5 Å². The third kappa shape index (κ3) is 2.82. The summed E-state index contributed by atoms with van der Waals surface area (Å²) in [7, 11) is 0. The van der Waals surface area contributed by atoms with Crippen LogP contribution in [0.1, 0.15) is 5.56 Å². The molecule has 0 aliphatic heterocycles. The summed E-state index contributed by atoms with van der Waals surface area (Å²) >= 11 is 9.59. The van der Waals surface area contributed by atoms with Gasteiger partial charge in [0.05, 0.1) is 11.3 Å². The van der Waals surface area contributed by atoms with E-state index in [4.69, 9.17) is 17.3 Å². The first-order valence-corrected chi connectivity index (χ1v) is 7.59. The number of hydrogen-bond acceptors (Lipinski definition) is 2. The summed E-state index contributed by atoms with van der Waals surface area (Å²) in [5, 5.41) is 7.86. The number of rotatable bonds is 2. The molecule has 2 aromatic carbocycles. The molecule has 0 radical (unpaired) electrons. The van der Waals surface area contributed by atoms with E-state index >= 15 is 0 Å². The predicted molar refractivity (Wildman–Crippen MR) is 91.3 cm³/mol. The number of aryl methyl sites for hydroxylation is 1. The van der Waals surface area contributed by atoms with E-state index in [2.05, 4.69) is 32.2 Å². The molecule has 0 atom stereocenters. The Morgan fingerprint density at radius 1 is 1.10 bits per heavy atom. The van der Waals surface area contributed by atoms with Crippen LogP contribution in [-0.2, 0) is 0 Å². The van der Waals surface area contributed by atoms with Crippen LogP contribution in [0.3, 0.4) is 0 Å². The number of nitrogen functional groups attached to an aromatic ring is 1. The van der Waals surface area contributed by atoms with E-state index in [1.54, 1.807) is 0 Å². The van der Waals surface area contributed by atoms with Gasteiger partial charge in [-0.05, 0) is 48.4 Å². The highest BCUT2D eigenvalue weighted by atomic mass is 79.9. The van der Waals surface area contributed by atoms with Crippen molar-refractivity contribution in [2.24, 2.45) is 0 Å². The van der Waals surface area contributed by atoms with E-state index in [0.29, 0.717) is 10.8 Å². The predicted octanol–water partition coefficient (Wildman–Crippen LogP) is 5.05. The Kier molecular flexibility index (Phi) is 3.74. The molecule has 3 aromatic rings. The number of anilines is 1. The number of aromatic nitrogens is 2. The Hall–Kier alpha value is -1.78. The van der Waals surface area contributed by atoms with Crippen LogP contribution < -0.4 is 5.73 Å². The number of nitrogens with one attached hydrogen (secondary N) is 1. The molecule has 1 aromatic heterocycles. The molecule has 3 rings (SSSR count). The van der Waals surface area contributed by atoms with Gasteiger partial charge in [-0.15, -0.1) is 0 Å². The molecule has 0 spiro atoms. The van der Waals surface area contributed by atoms with Crippen LogP contribution >= 0.6 is 27.5 Å². The smallest absolute Gasteiger partial charge is 0.153 e. The lowest BCUT2D eigenvalue weighted by atomic mass is 10.00. The zero-order valence-corrected chi connectivity index (χ0v) is 13.7. The average Bonchev–Trinajstić information content (AvgIpc) is 2.80. The molecule has 0 fully saturated rings. The summed E-state index contributed by atoms with van der Waals surface area (Å²) in [6.45, 7) is 2.01. The molecule has 0 aliphatic carbocycles. The van der Waals surface area contributed by atoms with Crippen LogP contribution in [0.5, 0.6) is 0 Å². The van der Waals surface area contributed by atoms with Crippen LogP contribution in [0.15, 0.2) is 46.9 Å². The first kappa shape index (κ1) is 14.2. The van der Waals surface area contributed by atoms with Crippen LogP contribution in [-0.4, -0.2) is 10.2 Å². The minimum Gasteiger partial charge on any atom is -0.382 e. The summed E-state index contributed by atoms with van der Waals surface area (Å²) in [6.07, 6.45) is 0. The highest BCUT2D eigenvalue weighted by molar-refractivity contribution is 9.10. The number of benzene rings is 2. The maximum absolute atomic E-state index is 6.15. The second kappa shape index (κ2) is 5.54. The Bertz CT molecular complexity index is 774. The van der Waals surface area contributed by atoms with Gasteiger partial charge in [0.2, 0.25) is 0 Å². The number of aromatic amines is 1. The molecular weight excluding hydrogens is 350 g/mol.